The summed E-state index contributed by atoms with van der Waals surface area (Å²) in [7, 11) is 0. The molecule has 2 amide bonds. The second-order valence-electron chi connectivity index (χ2n) is 10.7. The summed E-state index contributed by atoms with van der Waals surface area (Å²) in [6.07, 6.45) is -11.8. The zero-order valence-corrected chi connectivity index (χ0v) is 29.1. The SMILES string of the molecule is NCCCC[C@H](NC(=O)[C@@H](N)CCCCN)C(=O)Nc1ccc(C#Cc2c(F)c(F)nc(F)c2F)cc1.O=C(O)C(F)(F)F.O=C(O)C(F)(F)F.O=C(O)C(F)(F)F. The van der Waals surface area contributed by atoms with E-state index in [0.29, 0.717) is 50.9 Å². The Morgan fingerprint density at radius 3 is 1.38 bits per heavy atom. The van der Waals surface area contributed by atoms with Crippen LogP contribution in [0.3, 0.4) is 0 Å². The van der Waals surface area contributed by atoms with E-state index in [1.165, 1.54) is 24.3 Å². The molecule has 1 heterocycles. The number of nitrogens with zero attached hydrogens (tertiary/aromatic N) is 1. The number of unbranched alkanes of at least 4 members (excludes halogenated alkanes) is 2. The Balaban J connectivity index is 0. The number of nitrogens with two attached hydrogens (primary N) is 3. The molecule has 0 aliphatic carbocycles. The molecule has 2 atom stereocenters. The van der Waals surface area contributed by atoms with Gasteiger partial charge >= 0.3 is 36.4 Å². The van der Waals surface area contributed by atoms with E-state index in [1.807, 2.05) is 0 Å². The normalized spacial score (nSPS) is 11.9. The van der Waals surface area contributed by atoms with Crippen molar-refractivity contribution in [2.75, 3.05) is 18.4 Å². The zero-order chi connectivity index (χ0) is 45.6. The molecule has 0 bridgehead atoms. The molecular formula is C31H33F13N6O8. The number of hydrogen-bond donors (Lipinski definition) is 8. The van der Waals surface area contributed by atoms with Crippen molar-refractivity contribution in [3.8, 4) is 11.8 Å². The van der Waals surface area contributed by atoms with Gasteiger partial charge in [-0.1, -0.05) is 18.3 Å². The number of aliphatic carboxylic acids is 3. The van der Waals surface area contributed by atoms with E-state index in [1.54, 1.807) is 0 Å². The van der Waals surface area contributed by atoms with Crippen LogP contribution in [-0.2, 0) is 24.0 Å². The van der Waals surface area contributed by atoms with E-state index in [2.05, 4.69) is 27.5 Å². The van der Waals surface area contributed by atoms with Gasteiger partial charge < -0.3 is 43.2 Å². The lowest BCUT2D eigenvalue weighted by Crippen LogP contribution is -2.50. The topological polar surface area (TPSA) is 261 Å². The third-order valence-corrected chi connectivity index (χ3v) is 6.10. The molecule has 0 radical (unpaired) electrons. The summed E-state index contributed by atoms with van der Waals surface area (Å²) in [5.41, 5.74) is 16.4. The average Bonchev–Trinajstić information content (AvgIpc) is 3.10. The van der Waals surface area contributed by atoms with Gasteiger partial charge in [0.05, 0.1) is 6.04 Å². The summed E-state index contributed by atoms with van der Waals surface area (Å²) in [5, 5.41) is 26.7. The number of nitrogens with one attached hydrogen (secondary N) is 2. The van der Waals surface area contributed by atoms with Crippen molar-refractivity contribution >= 4 is 35.4 Å². The number of benzene rings is 1. The molecule has 14 nitrogen and oxygen atoms in total. The molecule has 326 valence electrons. The first kappa shape index (κ1) is 54.4. The highest BCUT2D eigenvalue weighted by molar-refractivity contribution is 5.97. The molecule has 0 saturated carbocycles. The number of halogens is 13. The number of amides is 2. The van der Waals surface area contributed by atoms with Gasteiger partial charge in [0.25, 0.3) is 11.9 Å². The summed E-state index contributed by atoms with van der Waals surface area (Å²) in [5.74, 6) is -11.7. The van der Waals surface area contributed by atoms with Crippen LogP contribution in [-0.4, -0.2) is 93.7 Å². The van der Waals surface area contributed by atoms with Gasteiger partial charge in [0, 0.05) is 11.3 Å². The minimum atomic E-state index is -5.08. The van der Waals surface area contributed by atoms with E-state index in [4.69, 9.17) is 46.9 Å². The maximum Gasteiger partial charge on any atom is 0.490 e. The maximum atomic E-state index is 13.7. The lowest BCUT2D eigenvalue weighted by Gasteiger charge is -2.21. The number of anilines is 1. The highest BCUT2D eigenvalue weighted by atomic mass is 19.4. The molecule has 27 heteroatoms. The van der Waals surface area contributed by atoms with Crippen molar-refractivity contribution in [1.82, 2.24) is 10.3 Å². The predicted molar refractivity (Wildman–Crippen MR) is 172 cm³/mol. The van der Waals surface area contributed by atoms with Crippen molar-refractivity contribution in [1.29, 1.82) is 0 Å². The van der Waals surface area contributed by atoms with Crippen LogP contribution in [0.25, 0.3) is 0 Å². The van der Waals surface area contributed by atoms with Gasteiger partial charge in [-0.2, -0.15) is 53.3 Å². The summed E-state index contributed by atoms with van der Waals surface area (Å²) >= 11 is 0. The van der Waals surface area contributed by atoms with Crippen molar-refractivity contribution in [2.24, 2.45) is 17.2 Å². The minimum Gasteiger partial charge on any atom is -0.475 e. The number of rotatable bonds is 12. The van der Waals surface area contributed by atoms with E-state index >= 15 is 0 Å². The number of pyridine rings is 1. The van der Waals surface area contributed by atoms with E-state index in [-0.39, 0.29) is 5.56 Å². The van der Waals surface area contributed by atoms with E-state index < -0.39 is 89.4 Å². The summed E-state index contributed by atoms with van der Waals surface area (Å²) in [4.78, 5) is 54.5. The number of carbonyl (C=O) groups excluding carboxylic acids is 2. The highest BCUT2D eigenvalue weighted by Crippen LogP contribution is 2.17. The zero-order valence-electron chi connectivity index (χ0n) is 29.1. The van der Waals surface area contributed by atoms with Gasteiger partial charge in [0.15, 0.2) is 11.6 Å². The number of aromatic nitrogens is 1. The fourth-order valence-corrected chi connectivity index (χ4v) is 3.28. The van der Waals surface area contributed by atoms with Crippen LogP contribution in [0.15, 0.2) is 24.3 Å². The maximum absolute atomic E-state index is 13.7. The Hall–Kier alpha value is -5.75. The number of alkyl halides is 9. The highest BCUT2D eigenvalue weighted by Gasteiger charge is 2.39. The molecule has 58 heavy (non-hydrogen) atoms. The largest absolute Gasteiger partial charge is 0.490 e. The Morgan fingerprint density at radius 1 is 0.638 bits per heavy atom. The second kappa shape index (κ2) is 25.5. The first-order chi connectivity index (χ1) is 26.5. The summed E-state index contributed by atoms with van der Waals surface area (Å²) in [6.45, 7) is 0.938. The average molecular weight is 865 g/mol. The van der Waals surface area contributed by atoms with Crippen LogP contribution in [0.1, 0.15) is 49.7 Å². The first-order valence-corrected chi connectivity index (χ1v) is 15.5. The lowest BCUT2D eigenvalue weighted by atomic mass is 10.1. The standard InChI is InChI=1S/C25H30F4N6O2.3C2HF3O2/c26-20-17(21(27)23(29)35-22(20)28)12-9-15-7-10-16(11-8-15)33-25(37)19(6-2-4-14-31)34-24(36)18(32)5-1-3-13-30;3*3-2(4,5)1(6)7/h7-8,10-11,18-19H,1-6,13-14,30-32H2,(H,33,37)(H,34,36);3*(H,6,7)/t18-,19-;;;/m0.../s1. The van der Waals surface area contributed by atoms with Crippen LogP contribution >= 0.6 is 0 Å². The van der Waals surface area contributed by atoms with Crippen LogP contribution in [0.2, 0.25) is 0 Å². The van der Waals surface area contributed by atoms with Gasteiger partial charge in [-0.15, -0.1) is 0 Å². The third-order valence-electron chi connectivity index (χ3n) is 6.10. The molecule has 1 aromatic carbocycles. The molecule has 0 aliphatic rings. The fourth-order valence-electron chi connectivity index (χ4n) is 3.28. The Morgan fingerprint density at radius 2 is 1.02 bits per heavy atom. The Bertz CT molecular complexity index is 1650. The predicted octanol–water partition coefficient (Wildman–Crippen LogP) is 3.95. The molecule has 0 unspecified atom stereocenters. The molecule has 0 aliphatic heterocycles. The van der Waals surface area contributed by atoms with Crippen molar-refractivity contribution in [3.05, 3.63) is 58.9 Å². The fraction of sp³-hybridized carbons (Fsp3) is 0.419. The number of carbonyl (C=O) groups is 5. The number of carboxylic acids is 3. The lowest BCUT2D eigenvalue weighted by molar-refractivity contribution is -0.193. The van der Waals surface area contributed by atoms with Crippen molar-refractivity contribution in [2.45, 2.75) is 69.1 Å². The quantitative estimate of drug-likeness (QED) is 0.0653. The van der Waals surface area contributed by atoms with E-state index in [0.717, 1.165) is 6.42 Å². The number of hydrogen-bond acceptors (Lipinski definition) is 9. The second-order valence-corrected chi connectivity index (χ2v) is 10.7. The summed E-state index contributed by atoms with van der Waals surface area (Å²) in [6, 6.07) is 4.19. The monoisotopic (exact) mass is 864 g/mol. The summed E-state index contributed by atoms with van der Waals surface area (Å²) < 4.78 is 149. The smallest absolute Gasteiger partial charge is 0.475 e. The molecule has 0 spiro atoms. The van der Waals surface area contributed by atoms with Crippen molar-refractivity contribution < 1.29 is 96.4 Å². The molecule has 0 saturated heterocycles. The molecule has 2 aromatic rings. The van der Waals surface area contributed by atoms with Gasteiger partial charge in [-0.3, -0.25) is 9.59 Å². The van der Waals surface area contributed by atoms with Crippen LogP contribution in [0, 0.1) is 35.4 Å². The molecular weight excluding hydrogens is 831 g/mol. The van der Waals surface area contributed by atoms with Gasteiger partial charge in [-0.25, -0.2) is 23.2 Å². The first-order valence-electron chi connectivity index (χ1n) is 15.5. The third kappa shape index (κ3) is 22.7. The van der Waals surface area contributed by atoms with Gasteiger partial charge in [0.2, 0.25) is 11.8 Å². The van der Waals surface area contributed by atoms with Crippen LogP contribution < -0.4 is 27.8 Å². The van der Waals surface area contributed by atoms with Gasteiger partial charge in [-0.05, 0) is 69.5 Å². The molecule has 1 aromatic heterocycles. The van der Waals surface area contributed by atoms with Crippen LogP contribution in [0.4, 0.5) is 62.8 Å². The molecule has 2 rings (SSSR count). The molecule has 11 N–H and O–H groups in total. The van der Waals surface area contributed by atoms with E-state index in [9.17, 15) is 66.7 Å². The number of carboxylic acid groups (broad SMARTS) is 3. The minimum absolute atomic E-state index is 0.255. The van der Waals surface area contributed by atoms with Gasteiger partial charge in [0.1, 0.15) is 11.6 Å². The molecule has 0 fully saturated rings. The Labute approximate surface area is 317 Å². The Kier molecular flexibility index (Phi) is 23.9. The van der Waals surface area contributed by atoms with Crippen molar-refractivity contribution in [3.63, 3.8) is 0 Å². The van der Waals surface area contributed by atoms with Crippen LogP contribution in [0.5, 0.6) is 0 Å².